The Labute approximate surface area is 85.9 Å². The summed E-state index contributed by atoms with van der Waals surface area (Å²) in [6, 6.07) is 4.26. The molecule has 2 rings (SSSR count). The molecule has 0 saturated carbocycles. The summed E-state index contributed by atoms with van der Waals surface area (Å²) in [5.74, 6) is 1.40. The highest BCUT2D eigenvalue weighted by atomic mass is 14.7. The molecule has 1 heterocycles. The van der Waals surface area contributed by atoms with Crippen LogP contribution < -0.4 is 0 Å². The third kappa shape index (κ3) is 1.87. The van der Waals surface area contributed by atoms with Crippen molar-refractivity contribution in [2.24, 2.45) is 11.8 Å². The molecule has 1 aliphatic rings. The van der Waals surface area contributed by atoms with Crippen molar-refractivity contribution in [1.29, 1.82) is 0 Å². The average Bonchev–Trinajstić information content (AvgIpc) is 2.39. The maximum absolute atomic E-state index is 4.42. The molecule has 0 aliphatic heterocycles. The quantitative estimate of drug-likeness (QED) is 0.616. The summed E-state index contributed by atoms with van der Waals surface area (Å²) < 4.78 is 0. The molecule has 0 radical (unpaired) electrons. The predicted molar refractivity (Wildman–Crippen MR) is 59.1 cm³/mol. The lowest BCUT2D eigenvalue weighted by Gasteiger charge is -2.15. The van der Waals surface area contributed by atoms with Gasteiger partial charge in [0.05, 0.1) is 0 Å². The van der Waals surface area contributed by atoms with Gasteiger partial charge in [-0.1, -0.05) is 32.1 Å². The van der Waals surface area contributed by atoms with Crippen molar-refractivity contribution >= 4 is 0 Å². The number of fused-ring (bicyclic) bond motifs is 1. The SMILES string of the molecule is CC(C)C1C=CCc2ncccc2C1. The number of pyridine rings is 1. The molecule has 1 aromatic heterocycles. The number of allylic oxidation sites excluding steroid dienone is 2. The fourth-order valence-corrected chi connectivity index (χ4v) is 1.98. The maximum atomic E-state index is 4.42. The molecule has 1 heteroatoms. The van der Waals surface area contributed by atoms with E-state index in [0.29, 0.717) is 5.92 Å². The van der Waals surface area contributed by atoms with Gasteiger partial charge in [0, 0.05) is 18.3 Å². The molecule has 1 aliphatic carbocycles. The lowest BCUT2D eigenvalue weighted by molar-refractivity contribution is 0.464. The summed E-state index contributed by atoms with van der Waals surface area (Å²) >= 11 is 0. The van der Waals surface area contributed by atoms with E-state index in [0.717, 1.165) is 18.8 Å². The minimum absolute atomic E-state index is 0.681. The van der Waals surface area contributed by atoms with Crippen LogP contribution in [0, 0.1) is 11.8 Å². The molecular weight excluding hydrogens is 170 g/mol. The maximum Gasteiger partial charge on any atom is 0.0473 e. The van der Waals surface area contributed by atoms with Crippen molar-refractivity contribution < 1.29 is 0 Å². The van der Waals surface area contributed by atoms with Gasteiger partial charge in [0.2, 0.25) is 0 Å². The van der Waals surface area contributed by atoms with Crippen LogP contribution in [0.3, 0.4) is 0 Å². The van der Waals surface area contributed by atoms with E-state index in [1.165, 1.54) is 11.3 Å². The number of aromatic nitrogens is 1. The lowest BCUT2D eigenvalue weighted by atomic mass is 9.90. The first-order chi connectivity index (χ1) is 6.77. The normalized spacial score (nSPS) is 20.6. The molecule has 1 atom stereocenters. The molecule has 74 valence electrons. The first-order valence-electron chi connectivity index (χ1n) is 5.37. The van der Waals surface area contributed by atoms with E-state index in [1.54, 1.807) is 0 Å². The van der Waals surface area contributed by atoms with Crippen LogP contribution in [-0.2, 0) is 12.8 Å². The van der Waals surface area contributed by atoms with Gasteiger partial charge in [-0.25, -0.2) is 0 Å². The number of nitrogens with zero attached hydrogens (tertiary/aromatic N) is 1. The Morgan fingerprint density at radius 1 is 1.43 bits per heavy atom. The van der Waals surface area contributed by atoms with Gasteiger partial charge in [-0.2, -0.15) is 0 Å². The molecule has 1 unspecified atom stereocenters. The minimum atomic E-state index is 0.681. The van der Waals surface area contributed by atoms with E-state index >= 15 is 0 Å². The van der Waals surface area contributed by atoms with E-state index < -0.39 is 0 Å². The Balaban J connectivity index is 2.28. The zero-order valence-corrected chi connectivity index (χ0v) is 8.90. The Morgan fingerprint density at radius 2 is 2.29 bits per heavy atom. The van der Waals surface area contributed by atoms with Crippen LogP contribution in [0.4, 0.5) is 0 Å². The summed E-state index contributed by atoms with van der Waals surface area (Å²) in [6.07, 6.45) is 8.66. The third-order valence-corrected chi connectivity index (χ3v) is 2.99. The van der Waals surface area contributed by atoms with Crippen LogP contribution in [-0.4, -0.2) is 4.98 Å². The molecule has 14 heavy (non-hydrogen) atoms. The van der Waals surface area contributed by atoms with Crippen LogP contribution in [0.1, 0.15) is 25.1 Å². The van der Waals surface area contributed by atoms with Crippen LogP contribution >= 0.6 is 0 Å². The Morgan fingerprint density at radius 3 is 3.07 bits per heavy atom. The van der Waals surface area contributed by atoms with Crippen molar-refractivity contribution in [3.8, 4) is 0 Å². The van der Waals surface area contributed by atoms with Gasteiger partial charge in [-0.05, 0) is 29.9 Å². The Kier molecular flexibility index (Phi) is 2.67. The largest absolute Gasteiger partial charge is 0.261 e. The van der Waals surface area contributed by atoms with Gasteiger partial charge < -0.3 is 0 Å². The van der Waals surface area contributed by atoms with Gasteiger partial charge in [0.25, 0.3) is 0 Å². The van der Waals surface area contributed by atoms with Gasteiger partial charge in [-0.15, -0.1) is 0 Å². The van der Waals surface area contributed by atoms with Crippen LogP contribution in [0.15, 0.2) is 30.5 Å². The van der Waals surface area contributed by atoms with Crippen LogP contribution in [0.2, 0.25) is 0 Å². The standard InChI is InChI=1S/C13H17N/c1-10(2)11-5-3-7-13-12(9-11)6-4-8-14-13/h3-6,8,10-11H,7,9H2,1-2H3. The molecule has 0 N–H and O–H groups in total. The second-order valence-corrected chi connectivity index (χ2v) is 4.35. The molecule has 0 spiro atoms. The minimum Gasteiger partial charge on any atom is -0.261 e. The number of hydrogen-bond donors (Lipinski definition) is 0. The smallest absolute Gasteiger partial charge is 0.0473 e. The molecule has 0 bridgehead atoms. The first-order valence-corrected chi connectivity index (χ1v) is 5.37. The van der Waals surface area contributed by atoms with E-state index in [4.69, 9.17) is 0 Å². The van der Waals surface area contributed by atoms with E-state index in [9.17, 15) is 0 Å². The molecule has 0 fully saturated rings. The van der Waals surface area contributed by atoms with Crippen molar-refractivity contribution in [3.05, 3.63) is 41.7 Å². The average molecular weight is 187 g/mol. The summed E-state index contributed by atoms with van der Waals surface area (Å²) in [5, 5.41) is 0. The highest BCUT2D eigenvalue weighted by Gasteiger charge is 2.15. The molecule has 1 aromatic rings. The predicted octanol–water partition coefficient (Wildman–Crippen LogP) is 3.01. The highest BCUT2D eigenvalue weighted by molar-refractivity contribution is 5.25. The number of hydrogen-bond acceptors (Lipinski definition) is 1. The second-order valence-electron chi connectivity index (χ2n) is 4.35. The van der Waals surface area contributed by atoms with E-state index in [2.05, 4.69) is 37.0 Å². The van der Waals surface area contributed by atoms with E-state index in [1.807, 2.05) is 12.3 Å². The molecule has 0 saturated heterocycles. The molecule has 1 nitrogen and oxygen atoms in total. The van der Waals surface area contributed by atoms with Crippen molar-refractivity contribution in [2.75, 3.05) is 0 Å². The van der Waals surface area contributed by atoms with Crippen LogP contribution in [0.25, 0.3) is 0 Å². The fraction of sp³-hybridized carbons (Fsp3) is 0.462. The van der Waals surface area contributed by atoms with Crippen molar-refractivity contribution in [1.82, 2.24) is 4.98 Å². The molecule has 0 aromatic carbocycles. The first kappa shape index (κ1) is 9.45. The summed E-state index contributed by atoms with van der Waals surface area (Å²) in [4.78, 5) is 4.42. The number of rotatable bonds is 1. The lowest BCUT2D eigenvalue weighted by Crippen LogP contribution is -2.09. The third-order valence-electron chi connectivity index (χ3n) is 2.99. The molecular formula is C13H17N. The van der Waals surface area contributed by atoms with E-state index in [-0.39, 0.29) is 0 Å². The summed E-state index contributed by atoms with van der Waals surface area (Å²) in [7, 11) is 0. The topological polar surface area (TPSA) is 12.9 Å². The van der Waals surface area contributed by atoms with Crippen molar-refractivity contribution in [2.45, 2.75) is 26.7 Å². The van der Waals surface area contributed by atoms with Crippen LogP contribution in [0.5, 0.6) is 0 Å². The monoisotopic (exact) mass is 187 g/mol. The zero-order chi connectivity index (χ0) is 9.97. The Bertz CT molecular complexity index is 339. The van der Waals surface area contributed by atoms with Gasteiger partial charge >= 0.3 is 0 Å². The summed E-state index contributed by atoms with van der Waals surface area (Å²) in [5.41, 5.74) is 2.68. The second kappa shape index (κ2) is 3.95. The van der Waals surface area contributed by atoms with Gasteiger partial charge in [0.1, 0.15) is 0 Å². The molecule has 0 amide bonds. The fourth-order valence-electron chi connectivity index (χ4n) is 1.98. The summed E-state index contributed by atoms with van der Waals surface area (Å²) in [6.45, 7) is 4.58. The van der Waals surface area contributed by atoms with Crippen molar-refractivity contribution in [3.63, 3.8) is 0 Å². The van der Waals surface area contributed by atoms with Gasteiger partial charge in [0.15, 0.2) is 0 Å². The Hall–Kier alpha value is -1.11. The van der Waals surface area contributed by atoms with Gasteiger partial charge in [-0.3, -0.25) is 4.98 Å². The highest BCUT2D eigenvalue weighted by Crippen LogP contribution is 2.23. The zero-order valence-electron chi connectivity index (χ0n) is 8.90.